The number of aryl methyl sites for hydroxylation is 1. The first-order chi connectivity index (χ1) is 5.11. The van der Waals surface area contributed by atoms with Gasteiger partial charge in [-0.05, 0) is 12.8 Å². The molecule has 1 rings (SSSR count). The zero-order valence-electron chi connectivity index (χ0n) is 7.16. The van der Waals surface area contributed by atoms with E-state index < -0.39 is 0 Å². The van der Waals surface area contributed by atoms with Crippen LogP contribution in [0.4, 0.5) is 0 Å². The first kappa shape index (κ1) is 8.68. The Hall–Kier alpha value is -0.410. The predicted octanol–water partition coefficient (Wildman–Crippen LogP) is 2.11. The minimum Gasteiger partial charge on any atom is -0.323 e. The molecule has 1 atom stereocenters. The second-order valence-corrected chi connectivity index (χ2v) is 4.32. The van der Waals surface area contributed by atoms with Gasteiger partial charge in [0.05, 0.1) is 5.01 Å². The monoisotopic (exact) mass is 170 g/mol. The van der Waals surface area contributed by atoms with Crippen LogP contribution in [0, 0.1) is 12.8 Å². The van der Waals surface area contributed by atoms with Crippen molar-refractivity contribution in [3.05, 3.63) is 16.1 Å². The van der Waals surface area contributed by atoms with Crippen LogP contribution in [0.25, 0.3) is 0 Å². The van der Waals surface area contributed by atoms with E-state index in [1.165, 1.54) is 4.88 Å². The number of hydrogen-bond acceptors (Lipinski definition) is 3. The summed E-state index contributed by atoms with van der Waals surface area (Å²) in [5, 5.41) is 1.09. The topological polar surface area (TPSA) is 38.9 Å². The Labute approximate surface area is 71.5 Å². The van der Waals surface area contributed by atoms with Crippen LogP contribution in [-0.4, -0.2) is 4.98 Å². The van der Waals surface area contributed by atoms with Crippen LogP contribution in [0.2, 0.25) is 0 Å². The van der Waals surface area contributed by atoms with Crippen molar-refractivity contribution in [2.45, 2.75) is 26.8 Å². The molecule has 0 aliphatic carbocycles. The second kappa shape index (κ2) is 3.32. The fourth-order valence-electron chi connectivity index (χ4n) is 0.860. The highest BCUT2D eigenvalue weighted by atomic mass is 32.1. The molecule has 0 fully saturated rings. The third-order valence-corrected chi connectivity index (χ3v) is 2.70. The van der Waals surface area contributed by atoms with Crippen LogP contribution in [0.5, 0.6) is 0 Å². The summed E-state index contributed by atoms with van der Waals surface area (Å²) < 4.78 is 0. The summed E-state index contributed by atoms with van der Waals surface area (Å²) in [6, 6.07) is 0.154. The van der Waals surface area contributed by atoms with Gasteiger partial charge in [0.2, 0.25) is 0 Å². The minimum absolute atomic E-state index is 0.154. The van der Waals surface area contributed by atoms with Gasteiger partial charge in [0.25, 0.3) is 0 Å². The standard InChI is InChI=1S/C8H14N2S/c1-5(2)8(9)7-4-10-6(3)11-7/h4-5,8H,9H2,1-3H3. The molecule has 0 radical (unpaired) electrons. The number of nitrogens with two attached hydrogens (primary N) is 1. The van der Waals surface area contributed by atoms with Crippen molar-refractivity contribution in [2.75, 3.05) is 0 Å². The third-order valence-electron chi connectivity index (χ3n) is 1.69. The zero-order chi connectivity index (χ0) is 8.43. The van der Waals surface area contributed by atoms with Gasteiger partial charge in [0.15, 0.2) is 0 Å². The van der Waals surface area contributed by atoms with Gasteiger partial charge >= 0.3 is 0 Å². The van der Waals surface area contributed by atoms with Crippen molar-refractivity contribution in [3.8, 4) is 0 Å². The van der Waals surface area contributed by atoms with Gasteiger partial charge < -0.3 is 5.73 Å². The molecule has 0 amide bonds. The molecule has 62 valence electrons. The average Bonchev–Trinajstić information content (AvgIpc) is 2.34. The van der Waals surface area contributed by atoms with Crippen LogP contribution >= 0.6 is 11.3 Å². The lowest BCUT2D eigenvalue weighted by molar-refractivity contribution is 0.521. The highest BCUT2D eigenvalue weighted by molar-refractivity contribution is 7.11. The maximum Gasteiger partial charge on any atom is 0.0897 e. The van der Waals surface area contributed by atoms with Crippen molar-refractivity contribution in [1.82, 2.24) is 4.98 Å². The Kier molecular flexibility index (Phi) is 2.62. The maximum atomic E-state index is 5.92. The Morgan fingerprint density at radius 1 is 1.55 bits per heavy atom. The molecule has 3 heteroatoms. The summed E-state index contributed by atoms with van der Waals surface area (Å²) in [4.78, 5) is 5.35. The van der Waals surface area contributed by atoms with Crippen LogP contribution in [0.1, 0.15) is 29.8 Å². The van der Waals surface area contributed by atoms with E-state index in [0.717, 1.165) is 5.01 Å². The van der Waals surface area contributed by atoms with Gasteiger partial charge in [-0.3, -0.25) is 0 Å². The van der Waals surface area contributed by atoms with Gasteiger partial charge in [0, 0.05) is 17.1 Å². The summed E-state index contributed by atoms with van der Waals surface area (Å²) in [5.41, 5.74) is 5.92. The highest BCUT2D eigenvalue weighted by Crippen LogP contribution is 2.23. The van der Waals surface area contributed by atoms with Crippen molar-refractivity contribution < 1.29 is 0 Å². The smallest absolute Gasteiger partial charge is 0.0897 e. The molecule has 0 saturated carbocycles. The van der Waals surface area contributed by atoms with Crippen molar-refractivity contribution >= 4 is 11.3 Å². The van der Waals surface area contributed by atoms with E-state index in [0.29, 0.717) is 5.92 Å². The third kappa shape index (κ3) is 2.01. The van der Waals surface area contributed by atoms with Gasteiger partial charge in [-0.2, -0.15) is 0 Å². The molecule has 1 aromatic rings. The Bertz CT molecular complexity index is 230. The van der Waals surface area contributed by atoms with Crippen LogP contribution in [-0.2, 0) is 0 Å². The molecule has 0 saturated heterocycles. The lowest BCUT2D eigenvalue weighted by Crippen LogP contribution is -2.14. The fraction of sp³-hybridized carbons (Fsp3) is 0.625. The van der Waals surface area contributed by atoms with Gasteiger partial charge in [-0.15, -0.1) is 11.3 Å². The lowest BCUT2D eigenvalue weighted by atomic mass is 10.1. The largest absolute Gasteiger partial charge is 0.323 e. The number of nitrogens with zero attached hydrogens (tertiary/aromatic N) is 1. The van der Waals surface area contributed by atoms with E-state index in [4.69, 9.17) is 5.73 Å². The number of hydrogen-bond donors (Lipinski definition) is 1. The average molecular weight is 170 g/mol. The Morgan fingerprint density at radius 2 is 2.18 bits per heavy atom. The molecule has 2 N–H and O–H groups in total. The highest BCUT2D eigenvalue weighted by Gasteiger charge is 2.12. The summed E-state index contributed by atoms with van der Waals surface area (Å²) in [6.07, 6.45) is 1.88. The molecule has 1 aromatic heterocycles. The minimum atomic E-state index is 0.154. The van der Waals surface area contributed by atoms with Crippen molar-refractivity contribution in [2.24, 2.45) is 11.7 Å². The molecule has 0 spiro atoms. The van der Waals surface area contributed by atoms with Crippen LogP contribution in [0.15, 0.2) is 6.20 Å². The first-order valence-electron chi connectivity index (χ1n) is 3.79. The lowest BCUT2D eigenvalue weighted by Gasteiger charge is -2.11. The number of thiazole rings is 1. The summed E-state index contributed by atoms with van der Waals surface area (Å²) in [7, 11) is 0. The van der Waals surface area contributed by atoms with E-state index >= 15 is 0 Å². The second-order valence-electron chi connectivity index (χ2n) is 3.05. The van der Waals surface area contributed by atoms with Gasteiger partial charge in [-0.25, -0.2) is 4.98 Å². The molecule has 11 heavy (non-hydrogen) atoms. The van der Waals surface area contributed by atoms with Gasteiger partial charge in [0.1, 0.15) is 0 Å². The molecule has 0 bridgehead atoms. The fourth-order valence-corrected chi connectivity index (χ4v) is 1.82. The normalized spacial score (nSPS) is 13.9. The van der Waals surface area contributed by atoms with Crippen molar-refractivity contribution in [1.29, 1.82) is 0 Å². The molecule has 1 unspecified atom stereocenters. The quantitative estimate of drug-likeness (QED) is 0.738. The summed E-state index contributed by atoms with van der Waals surface area (Å²) in [6.45, 7) is 6.25. The van der Waals surface area contributed by atoms with E-state index in [1.807, 2.05) is 13.1 Å². The van der Waals surface area contributed by atoms with Crippen molar-refractivity contribution in [3.63, 3.8) is 0 Å². The molecule has 0 aliphatic heterocycles. The summed E-state index contributed by atoms with van der Waals surface area (Å²) >= 11 is 1.69. The van der Waals surface area contributed by atoms with E-state index in [-0.39, 0.29) is 6.04 Å². The Balaban J connectivity index is 2.76. The number of rotatable bonds is 2. The molecule has 2 nitrogen and oxygen atoms in total. The zero-order valence-corrected chi connectivity index (χ0v) is 7.98. The predicted molar refractivity (Wildman–Crippen MR) is 48.6 cm³/mol. The molecular weight excluding hydrogens is 156 g/mol. The van der Waals surface area contributed by atoms with E-state index in [1.54, 1.807) is 11.3 Å². The number of aromatic nitrogens is 1. The molecule has 1 heterocycles. The Morgan fingerprint density at radius 3 is 2.55 bits per heavy atom. The summed E-state index contributed by atoms with van der Waals surface area (Å²) in [5.74, 6) is 0.495. The molecule has 0 aliphatic rings. The maximum absolute atomic E-state index is 5.92. The molecular formula is C8H14N2S. The molecule has 0 aromatic carbocycles. The SMILES string of the molecule is Cc1ncc(C(N)C(C)C)s1. The van der Waals surface area contributed by atoms with Crippen LogP contribution in [0.3, 0.4) is 0 Å². The van der Waals surface area contributed by atoms with Crippen LogP contribution < -0.4 is 5.73 Å². The van der Waals surface area contributed by atoms with Gasteiger partial charge in [-0.1, -0.05) is 13.8 Å². The first-order valence-corrected chi connectivity index (χ1v) is 4.61. The van der Waals surface area contributed by atoms with E-state index in [9.17, 15) is 0 Å². The van der Waals surface area contributed by atoms with E-state index in [2.05, 4.69) is 18.8 Å².